The van der Waals surface area contributed by atoms with E-state index in [9.17, 15) is 14.4 Å². The number of esters is 1. The van der Waals surface area contributed by atoms with Crippen LogP contribution in [0.3, 0.4) is 0 Å². The monoisotopic (exact) mass is 543 g/mol. The molecule has 10 heteroatoms. The van der Waals surface area contributed by atoms with E-state index in [-0.39, 0.29) is 40.1 Å². The van der Waals surface area contributed by atoms with Gasteiger partial charge in [0, 0.05) is 0 Å². The fraction of sp³-hybridized carbons (Fsp3) is 0.115. The zero-order valence-electron chi connectivity index (χ0n) is 18.9. The van der Waals surface area contributed by atoms with Gasteiger partial charge in [-0.1, -0.05) is 53.5 Å². The van der Waals surface area contributed by atoms with Crippen molar-refractivity contribution in [1.29, 1.82) is 0 Å². The van der Waals surface area contributed by atoms with Crippen molar-refractivity contribution >= 4 is 58.2 Å². The Morgan fingerprint density at radius 1 is 0.944 bits per heavy atom. The number of hydrogen-bond acceptors (Lipinski definition) is 7. The maximum atomic E-state index is 12.8. The molecule has 1 heterocycles. The van der Waals surface area contributed by atoms with E-state index in [4.69, 9.17) is 37.4 Å². The van der Waals surface area contributed by atoms with Gasteiger partial charge in [-0.15, -0.1) is 0 Å². The maximum absolute atomic E-state index is 12.8. The van der Waals surface area contributed by atoms with Crippen LogP contribution < -0.4 is 14.2 Å². The summed E-state index contributed by atoms with van der Waals surface area (Å²) in [7, 11) is 1.43. The predicted octanol–water partition coefficient (Wildman–Crippen LogP) is 6.34. The topological polar surface area (TPSA) is 82.1 Å². The van der Waals surface area contributed by atoms with Crippen LogP contribution in [0.5, 0.6) is 17.2 Å². The summed E-state index contributed by atoms with van der Waals surface area (Å²) >= 11 is 13.0. The van der Waals surface area contributed by atoms with Gasteiger partial charge in [-0.25, -0.2) is 4.79 Å². The van der Waals surface area contributed by atoms with Gasteiger partial charge in [-0.2, -0.15) is 0 Å². The second-order valence-electron chi connectivity index (χ2n) is 7.39. The Kier molecular flexibility index (Phi) is 8.20. The lowest BCUT2D eigenvalue weighted by molar-refractivity contribution is -0.123. The van der Waals surface area contributed by atoms with Crippen molar-refractivity contribution in [3.05, 3.63) is 92.8 Å². The molecular formula is C26H19Cl2NO6S. The van der Waals surface area contributed by atoms with E-state index in [0.717, 1.165) is 16.7 Å². The van der Waals surface area contributed by atoms with Crippen molar-refractivity contribution in [3.8, 4) is 17.2 Å². The molecule has 0 saturated carbocycles. The molecule has 0 unspecified atom stereocenters. The zero-order valence-corrected chi connectivity index (χ0v) is 21.2. The molecular weight excluding hydrogens is 525 g/mol. The molecule has 4 rings (SSSR count). The van der Waals surface area contributed by atoms with Crippen molar-refractivity contribution in [2.75, 3.05) is 20.3 Å². The number of hydrogen-bond donors (Lipinski definition) is 0. The number of thioether (sulfide) groups is 1. The van der Waals surface area contributed by atoms with Gasteiger partial charge < -0.3 is 14.2 Å². The van der Waals surface area contributed by atoms with Crippen LogP contribution in [0, 0.1) is 0 Å². The van der Waals surface area contributed by atoms with Gasteiger partial charge in [0.1, 0.15) is 12.4 Å². The van der Waals surface area contributed by atoms with Gasteiger partial charge in [0.25, 0.3) is 11.1 Å². The first-order chi connectivity index (χ1) is 17.4. The summed E-state index contributed by atoms with van der Waals surface area (Å²) in [6, 6.07) is 18.3. The van der Waals surface area contributed by atoms with Crippen LogP contribution in [-0.2, 0) is 4.79 Å². The molecule has 0 bridgehead atoms. The molecule has 1 saturated heterocycles. The molecule has 0 aromatic heterocycles. The lowest BCUT2D eigenvalue weighted by atomic mass is 10.1. The summed E-state index contributed by atoms with van der Waals surface area (Å²) in [5.74, 6) is -0.127. The van der Waals surface area contributed by atoms with E-state index in [1.807, 2.05) is 0 Å². The summed E-state index contributed by atoms with van der Waals surface area (Å²) in [5, 5.41) is 0.318. The third kappa shape index (κ3) is 5.84. The largest absolute Gasteiger partial charge is 0.493 e. The smallest absolute Gasteiger partial charge is 0.345 e. The molecule has 7 nitrogen and oxygen atoms in total. The van der Waals surface area contributed by atoms with E-state index >= 15 is 0 Å². The molecule has 0 N–H and O–H groups in total. The lowest BCUT2D eigenvalue weighted by Gasteiger charge is -2.13. The highest BCUT2D eigenvalue weighted by atomic mass is 35.5. The average molecular weight is 544 g/mol. The SMILES string of the molecule is COc1cc(/C=C2\SC(=O)N(CCOc3ccccc3Cl)C2=O)ccc1OC(=O)c1ccccc1Cl. The molecule has 2 amide bonds. The molecule has 1 fully saturated rings. The molecule has 184 valence electrons. The molecule has 3 aromatic rings. The maximum Gasteiger partial charge on any atom is 0.345 e. The first-order valence-electron chi connectivity index (χ1n) is 10.6. The summed E-state index contributed by atoms with van der Waals surface area (Å²) in [6.07, 6.45) is 1.57. The summed E-state index contributed by atoms with van der Waals surface area (Å²) < 4.78 is 16.4. The number of amides is 2. The van der Waals surface area contributed by atoms with Gasteiger partial charge in [-0.05, 0) is 59.8 Å². The molecule has 1 aliphatic rings. The van der Waals surface area contributed by atoms with E-state index in [2.05, 4.69) is 0 Å². The normalized spacial score (nSPS) is 14.3. The minimum absolute atomic E-state index is 0.0769. The first-order valence-corrected chi connectivity index (χ1v) is 12.2. The van der Waals surface area contributed by atoms with Crippen molar-refractivity contribution in [2.45, 2.75) is 0 Å². The second-order valence-corrected chi connectivity index (χ2v) is 9.20. The fourth-order valence-corrected chi connectivity index (χ4v) is 4.56. The number of halogens is 2. The van der Waals surface area contributed by atoms with E-state index in [0.29, 0.717) is 16.3 Å². The third-order valence-electron chi connectivity index (χ3n) is 5.06. The minimum Gasteiger partial charge on any atom is -0.493 e. The van der Waals surface area contributed by atoms with Crippen LogP contribution in [0.1, 0.15) is 15.9 Å². The number of methoxy groups -OCH3 is 1. The Morgan fingerprint density at radius 3 is 2.39 bits per heavy atom. The standard InChI is InChI=1S/C26H19Cl2NO6S/c1-33-22-14-16(10-11-21(22)35-25(31)17-6-2-3-7-18(17)27)15-23-24(30)29(26(32)36-23)12-13-34-20-9-5-4-8-19(20)28/h2-11,14-15H,12-13H2,1H3/b23-15-. The van der Waals surface area contributed by atoms with Crippen molar-refractivity contribution in [1.82, 2.24) is 4.90 Å². The molecule has 3 aromatic carbocycles. The Hall–Kier alpha value is -3.46. The number of benzene rings is 3. The van der Waals surface area contributed by atoms with Crippen LogP contribution in [-0.4, -0.2) is 42.3 Å². The molecule has 0 atom stereocenters. The van der Waals surface area contributed by atoms with Gasteiger partial charge in [0.15, 0.2) is 11.5 Å². The summed E-state index contributed by atoms with van der Waals surface area (Å²) in [6.45, 7) is 0.182. The van der Waals surface area contributed by atoms with E-state index in [1.165, 1.54) is 7.11 Å². The summed E-state index contributed by atoms with van der Waals surface area (Å²) in [4.78, 5) is 39.1. The number of imide groups is 1. The van der Waals surface area contributed by atoms with Crippen LogP contribution in [0.4, 0.5) is 4.79 Å². The number of rotatable bonds is 8. The fourth-order valence-electron chi connectivity index (χ4n) is 3.29. The Labute approximate surface area is 221 Å². The van der Waals surface area contributed by atoms with Gasteiger partial charge in [0.05, 0.1) is 34.2 Å². The summed E-state index contributed by atoms with van der Waals surface area (Å²) in [5.41, 5.74) is 0.805. The molecule has 0 radical (unpaired) electrons. The highest BCUT2D eigenvalue weighted by Crippen LogP contribution is 2.35. The van der Waals surface area contributed by atoms with Gasteiger partial charge in [-0.3, -0.25) is 14.5 Å². The molecule has 0 aliphatic carbocycles. The van der Waals surface area contributed by atoms with Crippen LogP contribution in [0.15, 0.2) is 71.6 Å². The average Bonchev–Trinajstić information content (AvgIpc) is 3.13. The van der Waals surface area contributed by atoms with E-state index in [1.54, 1.807) is 72.8 Å². The Balaban J connectivity index is 1.44. The highest BCUT2D eigenvalue weighted by Gasteiger charge is 2.35. The zero-order chi connectivity index (χ0) is 25.7. The second kappa shape index (κ2) is 11.5. The molecule has 0 spiro atoms. The molecule has 1 aliphatic heterocycles. The quantitative estimate of drug-likeness (QED) is 0.186. The Bertz CT molecular complexity index is 1360. The van der Waals surface area contributed by atoms with Gasteiger partial charge in [0.2, 0.25) is 0 Å². The highest BCUT2D eigenvalue weighted by molar-refractivity contribution is 8.18. The number of para-hydroxylation sites is 1. The molecule has 36 heavy (non-hydrogen) atoms. The number of carbonyl (C=O) groups excluding carboxylic acids is 3. The van der Waals surface area contributed by atoms with Crippen molar-refractivity contribution in [3.63, 3.8) is 0 Å². The number of ether oxygens (including phenoxy) is 3. The number of nitrogens with zero attached hydrogens (tertiary/aromatic N) is 1. The van der Waals surface area contributed by atoms with Crippen molar-refractivity contribution in [2.24, 2.45) is 0 Å². The predicted molar refractivity (Wildman–Crippen MR) is 139 cm³/mol. The minimum atomic E-state index is -0.633. The third-order valence-corrected chi connectivity index (χ3v) is 6.61. The Morgan fingerprint density at radius 2 is 1.67 bits per heavy atom. The van der Waals surface area contributed by atoms with Gasteiger partial charge >= 0.3 is 5.97 Å². The van der Waals surface area contributed by atoms with Crippen LogP contribution in [0.25, 0.3) is 6.08 Å². The van der Waals surface area contributed by atoms with Crippen LogP contribution in [0.2, 0.25) is 10.0 Å². The number of carbonyl (C=O) groups is 3. The lowest BCUT2D eigenvalue weighted by Crippen LogP contribution is -2.32. The first kappa shape index (κ1) is 25.6. The van der Waals surface area contributed by atoms with Crippen molar-refractivity contribution < 1.29 is 28.6 Å². The van der Waals surface area contributed by atoms with Crippen LogP contribution >= 0.6 is 35.0 Å². The van der Waals surface area contributed by atoms with E-state index < -0.39 is 17.1 Å².